The van der Waals surface area contributed by atoms with Crippen LogP contribution in [0.3, 0.4) is 0 Å². The Hall–Kier alpha value is -1.57. The van der Waals surface area contributed by atoms with Crippen LogP contribution < -0.4 is 10.2 Å². The first kappa shape index (κ1) is 17.3. The van der Waals surface area contributed by atoms with Gasteiger partial charge in [-0.25, -0.2) is 0 Å². The van der Waals surface area contributed by atoms with E-state index in [9.17, 15) is 18.0 Å². The fourth-order valence-corrected chi connectivity index (χ4v) is 3.73. The van der Waals surface area contributed by atoms with Crippen molar-refractivity contribution in [2.75, 3.05) is 11.4 Å². The number of nitrogens with one attached hydrogen (secondary N) is 1. The van der Waals surface area contributed by atoms with Crippen molar-refractivity contribution in [3.63, 3.8) is 0 Å². The van der Waals surface area contributed by atoms with Crippen molar-refractivity contribution in [2.24, 2.45) is 13.0 Å². The van der Waals surface area contributed by atoms with E-state index in [1.165, 1.54) is 0 Å². The molecule has 1 saturated carbocycles. The Morgan fingerprint density at radius 2 is 2.04 bits per heavy atom. The molecule has 5 nitrogen and oxygen atoms in total. The van der Waals surface area contributed by atoms with E-state index in [1.54, 1.807) is 28.9 Å². The highest BCUT2D eigenvalue weighted by Gasteiger charge is 2.43. The molecule has 3 rings (SSSR count). The van der Waals surface area contributed by atoms with Gasteiger partial charge in [0.25, 0.3) is 0 Å². The summed E-state index contributed by atoms with van der Waals surface area (Å²) in [6.07, 6.45) is 0.611. The minimum absolute atomic E-state index is 0.0663. The topological polar surface area (TPSA) is 50.2 Å². The second-order valence-electron chi connectivity index (χ2n) is 6.80. The van der Waals surface area contributed by atoms with Crippen LogP contribution >= 0.6 is 0 Å². The number of amides is 1. The largest absolute Gasteiger partial charge is 0.391 e. The number of hydrogen-bond acceptors (Lipinski definition) is 3. The molecule has 2 fully saturated rings. The van der Waals surface area contributed by atoms with Crippen LogP contribution in [0.5, 0.6) is 0 Å². The Labute approximate surface area is 139 Å². The highest BCUT2D eigenvalue weighted by Crippen LogP contribution is 2.37. The monoisotopic (exact) mass is 344 g/mol. The average molecular weight is 344 g/mol. The third-order valence-corrected chi connectivity index (χ3v) is 4.99. The zero-order chi connectivity index (χ0) is 17.3. The molecule has 0 bridgehead atoms. The summed E-state index contributed by atoms with van der Waals surface area (Å²) in [5.41, 5.74) is 0. The molecule has 3 atom stereocenters. The second-order valence-corrected chi connectivity index (χ2v) is 6.80. The zero-order valence-electron chi connectivity index (χ0n) is 13.7. The molecule has 1 aliphatic carbocycles. The van der Waals surface area contributed by atoms with Crippen molar-refractivity contribution >= 4 is 11.7 Å². The summed E-state index contributed by atoms with van der Waals surface area (Å²) < 4.78 is 40.5. The Morgan fingerprint density at radius 1 is 1.25 bits per heavy atom. The van der Waals surface area contributed by atoms with Gasteiger partial charge in [-0.2, -0.15) is 18.3 Å². The van der Waals surface area contributed by atoms with Crippen LogP contribution in [0.1, 0.15) is 38.5 Å². The van der Waals surface area contributed by atoms with Crippen molar-refractivity contribution in [1.82, 2.24) is 15.1 Å². The van der Waals surface area contributed by atoms with Crippen molar-refractivity contribution in [3.05, 3.63) is 12.3 Å². The van der Waals surface area contributed by atoms with E-state index in [4.69, 9.17) is 0 Å². The third kappa shape index (κ3) is 3.74. The number of aromatic nitrogens is 2. The minimum Gasteiger partial charge on any atom is -0.303 e. The Balaban J connectivity index is 1.63. The lowest BCUT2D eigenvalue weighted by Crippen LogP contribution is -2.54. The number of anilines is 1. The summed E-state index contributed by atoms with van der Waals surface area (Å²) in [6.45, 7) is 0.601. The summed E-state index contributed by atoms with van der Waals surface area (Å²) in [7, 11) is 1.78. The van der Waals surface area contributed by atoms with E-state index in [-0.39, 0.29) is 24.8 Å². The quantitative estimate of drug-likeness (QED) is 0.917. The van der Waals surface area contributed by atoms with Gasteiger partial charge in [0, 0.05) is 31.9 Å². The number of aryl methyl sites for hydroxylation is 1. The average Bonchev–Trinajstić information content (AvgIpc) is 2.95. The molecule has 2 heterocycles. The molecule has 0 aromatic carbocycles. The smallest absolute Gasteiger partial charge is 0.303 e. The normalized spacial score (nSPS) is 29.1. The van der Waals surface area contributed by atoms with Crippen LogP contribution in [0.15, 0.2) is 12.3 Å². The highest BCUT2D eigenvalue weighted by atomic mass is 19.4. The van der Waals surface area contributed by atoms with E-state index in [0.29, 0.717) is 31.6 Å². The number of nitrogens with zero attached hydrogens (tertiary/aromatic N) is 3. The predicted octanol–water partition coefficient (Wildman–Crippen LogP) is 2.63. The molecule has 8 heteroatoms. The standard InChI is InChI=1S/C16H23F3N4O/c1-22-9-7-14(21-22)23-8-3-6-13(15(23)24)20-12-5-2-4-11(10-12)16(17,18)19/h7,9,11-13,20H,2-6,8,10H2,1H3/t11-,12-,13+/m1/s1. The van der Waals surface area contributed by atoms with E-state index in [2.05, 4.69) is 10.4 Å². The third-order valence-electron chi connectivity index (χ3n) is 4.99. The molecular weight excluding hydrogens is 321 g/mol. The maximum atomic E-state index is 12.9. The summed E-state index contributed by atoms with van der Waals surface area (Å²) in [5.74, 6) is -0.741. The van der Waals surface area contributed by atoms with Gasteiger partial charge in [-0.05, 0) is 32.1 Å². The second kappa shape index (κ2) is 6.74. The molecule has 0 spiro atoms. The van der Waals surface area contributed by atoms with Gasteiger partial charge in [-0.15, -0.1) is 0 Å². The van der Waals surface area contributed by atoms with Crippen LogP contribution in [-0.4, -0.2) is 40.5 Å². The molecule has 134 valence electrons. The summed E-state index contributed by atoms with van der Waals surface area (Å²) >= 11 is 0. The molecule has 24 heavy (non-hydrogen) atoms. The molecular formula is C16H23F3N4O. The van der Waals surface area contributed by atoms with Crippen LogP contribution in [0, 0.1) is 5.92 Å². The molecule has 1 saturated heterocycles. The Kier molecular flexibility index (Phi) is 4.85. The van der Waals surface area contributed by atoms with Gasteiger partial charge in [0.15, 0.2) is 5.82 Å². The SMILES string of the molecule is Cn1ccc(N2CCC[C@H](N[C@@H]3CCC[C@@H](C(F)(F)F)C3)C2=O)n1. The summed E-state index contributed by atoms with van der Waals surface area (Å²) in [6, 6.07) is 1.11. The lowest BCUT2D eigenvalue weighted by atomic mass is 9.84. The van der Waals surface area contributed by atoms with Crippen LogP contribution in [-0.2, 0) is 11.8 Å². The fraction of sp³-hybridized carbons (Fsp3) is 0.750. The first-order valence-corrected chi connectivity index (χ1v) is 8.48. The number of piperidine rings is 1. The van der Waals surface area contributed by atoms with Crippen molar-refractivity contribution < 1.29 is 18.0 Å². The Bertz CT molecular complexity index is 586. The van der Waals surface area contributed by atoms with Gasteiger partial charge < -0.3 is 5.32 Å². The van der Waals surface area contributed by atoms with Crippen LogP contribution in [0.2, 0.25) is 0 Å². The van der Waals surface area contributed by atoms with E-state index < -0.39 is 18.1 Å². The maximum Gasteiger partial charge on any atom is 0.391 e. The van der Waals surface area contributed by atoms with Gasteiger partial charge in [0.05, 0.1) is 12.0 Å². The van der Waals surface area contributed by atoms with Gasteiger partial charge in [0.1, 0.15) is 0 Å². The molecule has 2 aliphatic rings. The van der Waals surface area contributed by atoms with Crippen LogP contribution in [0.25, 0.3) is 0 Å². The molecule has 0 radical (unpaired) electrons. The first-order valence-electron chi connectivity index (χ1n) is 8.48. The van der Waals surface area contributed by atoms with Gasteiger partial charge in [-0.1, -0.05) is 6.42 Å². The predicted molar refractivity (Wildman–Crippen MR) is 83.5 cm³/mol. The number of rotatable bonds is 3. The Morgan fingerprint density at radius 3 is 2.71 bits per heavy atom. The highest BCUT2D eigenvalue weighted by molar-refractivity contribution is 5.97. The summed E-state index contributed by atoms with van der Waals surface area (Å²) in [4.78, 5) is 14.3. The molecule has 1 aromatic rings. The van der Waals surface area contributed by atoms with Crippen molar-refractivity contribution in [2.45, 2.75) is 56.8 Å². The molecule has 1 N–H and O–H groups in total. The van der Waals surface area contributed by atoms with Gasteiger partial charge in [-0.3, -0.25) is 14.4 Å². The minimum atomic E-state index is -4.14. The van der Waals surface area contributed by atoms with E-state index in [1.807, 2.05) is 0 Å². The van der Waals surface area contributed by atoms with Crippen LogP contribution in [0.4, 0.5) is 19.0 Å². The van der Waals surface area contributed by atoms with Crippen molar-refractivity contribution in [3.8, 4) is 0 Å². The molecule has 0 unspecified atom stereocenters. The zero-order valence-corrected chi connectivity index (χ0v) is 13.7. The number of carbonyl (C=O) groups excluding carboxylic acids is 1. The molecule has 1 aromatic heterocycles. The number of carbonyl (C=O) groups is 1. The van der Waals surface area contributed by atoms with E-state index in [0.717, 1.165) is 6.42 Å². The number of halogens is 3. The number of alkyl halides is 3. The fourth-order valence-electron chi connectivity index (χ4n) is 3.73. The van der Waals surface area contributed by atoms with E-state index >= 15 is 0 Å². The molecule has 1 amide bonds. The van der Waals surface area contributed by atoms with Gasteiger partial charge >= 0.3 is 6.18 Å². The summed E-state index contributed by atoms with van der Waals surface area (Å²) in [5, 5.41) is 7.45. The number of hydrogen-bond donors (Lipinski definition) is 1. The van der Waals surface area contributed by atoms with Gasteiger partial charge in [0.2, 0.25) is 5.91 Å². The maximum absolute atomic E-state index is 12.9. The molecule has 1 aliphatic heterocycles. The van der Waals surface area contributed by atoms with Crippen molar-refractivity contribution in [1.29, 1.82) is 0 Å². The lowest BCUT2D eigenvalue weighted by molar-refractivity contribution is -0.183. The lowest BCUT2D eigenvalue weighted by Gasteiger charge is -2.36. The first-order chi connectivity index (χ1) is 11.3.